The fourth-order valence-electron chi connectivity index (χ4n) is 3.86. The van der Waals surface area contributed by atoms with E-state index in [1.807, 2.05) is 0 Å². The van der Waals surface area contributed by atoms with E-state index in [1.165, 1.54) is 6.92 Å². The molecule has 0 saturated heterocycles. The minimum absolute atomic E-state index is 0.0396. The van der Waals surface area contributed by atoms with E-state index in [0.717, 1.165) is 6.07 Å². The Balaban J connectivity index is 1.76. The van der Waals surface area contributed by atoms with E-state index in [4.69, 9.17) is 13.1 Å². The Bertz CT molecular complexity index is 1690. The summed E-state index contributed by atoms with van der Waals surface area (Å²) in [6.07, 6.45) is 0. The highest BCUT2D eigenvalue weighted by Gasteiger charge is 2.29. The quantitative estimate of drug-likeness (QED) is 0.227. The smallest absolute Gasteiger partial charge is 0.343 e. The predicted molar refractivity (Wildman–Crippen MR) is 148 cm³/mol. The lowest BCUT2D eigenvalue weighted by Gasteiger charge is -2.19. The number of benzene rings is 4. The Kier molecular flexibility index (Phi) is 8.76. The molecule has 208 valence electrons. The molecular weight excluding hydrogens is 556 g/mol. The van der Waals surface area contributed by atoms with Crippen molar-refractivity contribution in [3.8, 4) is 17.2 Å². The van der Waals surface area contributed by atoms with Gasteiger partial charge in [-0.25, -0.2) is 4.79 Å². The lowest BCUT2D eigenvalue weighted by atomic mass is 10.1. The molecule has 0 bridgehead atoms. The molecule has 0 amide bonds. The number of ether oxygens (including phenoxy) is 1. The minimum Gasteiger partial charge on any atom is -0.487 e. The number of carboxylic acids is 1. The summed E-state index contributed by atoms with van der Waals surface area (Å²) in [4.78, 5) is 12.4. The molecule has 0 radical (unpaired) electrons. The lowest BCUT2D eigenvalue weighted by Crippen LogP contribution is -2.17. The summed E-state index contributed by atoms with van der Waals surface area (Å²) in [5.74, 6) is -3.81. The van der Waals surface area contributed by atoms with Gasteiger partial charge in [-0.2, -0.15) is 16.8 Å². The van der Waals surface area contributed by atoms with E-state index in [-0.39, 0.29) is 23.7 Å². The Labute approximate surface area is 232 Å². The molecule has 1 N–H and O–H groups in total. The maximum atomic E-state index is 12.9. The topological polar surface area (TPSA) is 133 Å². The minimum atomic E-state index is -4.37. The van der Waals surface area contributed by atoms with Gasteiger partial charge in [-0.15, -0.1) is 0 Å². The summed E-state index contributed by atoms with van der Waals surface area (Å²) in [5.41, 5.74) is 1.02. The molecule has 40 heavy (non-hydrogen) atoms. The standard InChI is InChI=1S/C29H26O9S2/c1-21-25(37-39(32,33)19-23-13-7-3-8-14-23)17-26(38-40(34,35)20-24-15-9-4-10-16-24)27(29(30)31)28(21)36-18-22-11-5-2-6-12-22/h2-17H,18-20H2,1H3,(H,30,31). The maximum Gasteiger partial charge on any atom is 0.343 e. The third-order valence-corrected chi connectivity index (χ3v) is 7.93. The van der Waals surface area contributed by atoms with Crippen LogP contribution in [-0.4, -0.2) is 27.9 Å². The predicted octanol–water partition coefficient (Wildman–Crippen LogP) is 5.09. The molecule has 0 atom stereocenters. The van der Waals surface area contributed by atoms with Crippen LogP contribution in [0.3, 0.4) is 0 Å². The van der Waals surface area contributed by atoms with Gasteiger partial charge in [0, 0.05) is 11.6 Å². The molecule has 9 nitrogen and oxygen atoms in total. The molecule has 11 heteroatoms. The van der Waals surface area contributed by atoms with E-state index >= 15 is 0 Å². The molecule has 4 aromatic rings. The second kappa shape index (κ2) is 12.2. The summed E-state index contributed by atoms with van der Waals surface area (Å²) in [6, 6.07) is 26.3. The van der Waals surface area contributed by atoms with Crippen molar-refractivity contribution >= 4 is 26.2 Å². The summed E-state index contributed by atoms with van der Waals surface area (Å²) in [6.45, 7) is 1.33. The van der Waals surface area contributed by atoms with E-state index < -0.39 is 49.0 Å². The molecule has 0 aromatic heterocycles. The fourth-order valence-corrected chi connectivity index (χ4v) is 6.04. The van der Waals surface area contributed by atoms with Crippen LogP contribution in [0, 0.1) is 6.92 Å². The van der Waals surface area contributed by atoms with Gasteiger partial charge >= 0.3 is 26.2 Å². The zero-order chi connectivity index (χ0) is 28.8. The molecule has 4 rings (SSSR count). The van der Waals surface area contributed by atoms with Crippen molar-refractivity contribution in [1.82, 2.24) is 0 Å². The van der Waals surface area contributed by atoms with Crippen molar-refractivity contribution in [2.24, 2.45) is 0 Å². The van der Waals surface area contributed by atoms with Crippen LogP contribution in [0.1, 0.15) is 32.6 Å². The molecule has 0 unspecified atom stereocenters. The van der Waals surface area contributed by atoms with E-state index in [1.54, 1.807) is 91.0 Å². The molecule has 0 heterocycles. The molecule has 0 spiro atoms. The van der Waals surface area contributed by atoms with Gasteiger partial charge in [0.25, 0.3) is 0 Å². The Morgan fingerprint density at radius 2 is 1.10 bits per heavy atom. The van der Waals surface area contributed by atoms with Gasteiger partial charge in [0.1, 0.15) is 29.4 Å². The third kappa shape index (κ3) is 7.61. The number of rotatable bonds is 12. The summed E-state index contributed by atoms with van der Waals surface area (Å²) in [5, 5.41) is 10.1. The van der Waals surface area contributed by atoms with Crippen molar-refractivity contribution in [2.75, 3.05) is 0 Å². The van der Waals surface area contributed by atoms with Crippen LogP contribution in [0.25, 0.3) is 0 Å². The highest BCUT2D eigenvalue weighted by molar-refractivity contribution is 7.86. The van der Waals surface area contributed by atoms with Gasteiger partial charge in [-0.1, -0.05) is 91.0 Å². The van der Waals surface area contributed by atoms with Crippen LogP contribution in [0.4, 0.5) is 0 Å². The van der Waals surface area contributed by atoms with Crippen LogP contribution < -0.4 is 13.1 Å². The first-order valence-corrected chi connectivity index (χ1v) is 15.2. The molecule has 0 aliphatic heterocycles. The summed E-state index contributed by atoms with van der Waals surface area (Å²) >= 11 is 0. The monoisotopic (exact) mass is 582 g/mol. The number of aromatic carboxylic acids is 1. The number of carbonyl (C=O) groups is 1. The average Bonchev–Trinajstić information content (AvgIpc) is 2.90. The Hall–Kier alpha value is -4.35. The van der Waals surface area contributed by atoms with Crippen LogP contribution in [0.2, 0.25) is 0 Å². The van der Waals surface area contributed by atoms with Crippen molar-refractivity contribution < 1.29 is 39.8 Å². The molecule has 0 saturated carbocycles. The molecular formula is C29H26O9S2. The Morgan fingerprint density at radius 3 is 1.55 bits per heavy atom. The maximum absolute atomic E-state index is 12.9. The molecule has 4 aromatic carbocycles. The first-order chi connectivity index (χ1) is 19.0. The summed E-state index contributed by atoms with van der Waals surface area (Å²) in [7, 11) is -8.62. The summed E-state index contributed by atoms with van der Waals surface area (Å²) < 4.78 is 68.2. The third-order valence-electron chi connectivity index (χ3n) is 5.69. The molecule has 0 aliphatic carbocycles. The largest absolute Gasteiger partial charge is 0.487 e. The van der Waals surface area contributed by atoms with Crippen LogP contribution in [-0.2, 0) is 38.3 Å². The Morgan fingerprint density at radius 1 is 0.675 bits per heavy atom. The molecule has 0 fully saturated rings. The van der Waals surface area contributed by atoms with Gasteiger partial charge in [0.05, 0.1) is 0 Å². The van der Waals surface area contributed by atoms with Crippen molar-refractivity contribution in [3.63, 3.8) is 0 Å². The van der Waals surface area contributed by atoms with E-state index in [9.17, 15) is 26.7 Å². The van der Waals surface area contributed by atoms with Crippen molar-refractivity contribution in [3.05, 3.63) is 125 Å². The lowest BCUT2D eigenvalue weighted by molar-refractivity contribution is 0.0689. The zero-order valence-corrected chi connectivity index (χ0v) is 23.0. The van der Waals surface area contributed by atoms with Crippen LogP contribution in [0.15, 0.2) is 97.1 Å². The second-order valence-electron chi connectivity index (χ2n) is 8.82. The fraction of sp³-hybridized carbons (Fsp3) is 0.138. The normalized spacial score (nSPS) is 11.5. The van der Waals surface area contributed by atoms with Crippen LogP contribution >= 0.6 is 0 Å². The van der Waals surface area contributed by atoms with Gasteiger partial charge in [-0.05, 0) is 23.6 Å². The first kappa shape index (κ1) is 28.7. The number of hydrogen-bond acceptors (Lipinski definition) is 8. The SMILES string of the molecule is Cc1c(OS(=O)(=O)Cc2ccccc2)cc(OS(=O)(=O)Cc2ccccc2)c(C(=O)O)c1OCc1ccccc1. The van der Waals surface area contributed by atoms with Gasteiger partial charge in [0.2, 0.25) is 0 Å². The van der Waals surface area contributed by atoms with Gasteiger partial charge in [-0.3, -0.25) is 0 Å². The van der Waals surface area contributed by atoms with Crippen molar-refractivity contribution in [1.29, 1.82) is 0 Å². The zero-order valence-electron chi connectivity index (χ0n) is 21.4. The molecule has 0 aliphatic rings. The van der Waals surface area contributed by atoms with Gasteiger partial charge in [0.15, 0.2) is 11.5 Å². The highest BCUT2D eigenvalue weighted by Crippen LogP contribution is 2.41. The average molecular weight is 583 g/mol. The number of carboxylic acid groups (broad SMARTS) is 1. The second-order valence-corrected chi connectivity index (χ2v) is 12.0. The number of hydrogen-bond donors (Lipinski definition) is 1. The van der Waals surface area contributed by atoms with E-state index in [2.05, 4.69) is 0 Å². The first-order valence-electron chi connectivity index (χ1n) is 12.0. The highest BCUT2D eigenvalue weighted by atomic mass is 32.2. The van der Waals surface area contributed by atoms with E-state index in [0.29, 0.717) is 16.7 Å². The van der Waals surface area contributed by atoms with Crippen LogP contribution in [0.5, 0.6) is 17.2 Å². The van der Waals surface area contributed by atoms with Crippen molar-refractivity contribution in [2.45, 2.75) is 25.0 Å². The van der Waals surface area contributed by atoms with Gasteiger partial charge < -0.3 is 18.2 Å².